The molecule has 1 aromatic carbocycles. The van der Waals surface area contributed by atoms with E-state index in [1.165, 1.54) is 0 Å². The second-order valence-electron chi connectivity index (χ2n) is 5.83. The van der Waals surface area contributed by atoms with E-state index in [-0.39, 0.29) is 18.6 Å². The van der Waals surface area contributed by atoms with Gasteiger partial charge in [0.15, 0.2) is 6.61 Å². The predicted molar refractivity (Wildman–Crippen MR) is 87.5 cm³/mol. The van der Waals surface area contributed by atoms with E-state index in [1.807, 2.05) is 15.7 Å². The molecule has 3 rings (SSSR count). The van der Waals surface area contributed by atoms with Crippen LogP contribution in [0.2, 0.25) is 0 Å². The Bertz CT molecular complexity index is 714. The van der Waals surface area contributed by atoms with E-state index < -0.39 is 5.91 Å². The third kappa shape index (κ3) is 3.73. The van der Waals surface area contributed by atoms with Crippen LogP contribution in [0.15, 0.2) is 43.0 Å². The van der Waals surface area contributed by atoms with Crippen LogP contribution in [0.1, 0.15) is 29.2 Å². The fourth-order valence-electron chi connectivity index (χ4n) is 2.89. The van der Waals surface area contributed by atoms with Gasteiger partial charge in [-0.15, -0.1) is 0 Å². The molecule has 1 aliphatic heterocycles. The first-order valence-electron chi connectivity index (χ1n) is 7.91. The molecule has 0 aliphatic carbocycles. The standard InChI is InChI=1S/C17H20N4O3/c18-17(23)13-3-1-5-15(9-13)24-11-16(22)20-7-2-4-14(10-20)21-8-6-19-12-21/h1,3,5-6,8-9,12,14H,2,4,7,10-11H2,(H2,18,23)/t14-/m1/s1. The molecule has 0 bridgehead atoms. The zero-order chi connectivity index (χ0) is 16.9. The summed E-state index contributed by atoms with van der Waals surface area (Å²) in [7, 11) is 0. The smallest absolute Gasteiger partial charge is 0.260 e. The van der Waals surface area contributed by atoms with Crippen LogP contribution in [0.5, 0.6) is 5.75 Å². The van der Waals surface area contributed by atoms with Gasteiger partial charge >= 0.3 is 0 Å². The summed E-state index contributed by atoms with van der Waals surface area (Å²) in [4.78, 5) is 29.4. The highest BCUT2D eigenvalue weighted by Crippen LogP contribution is 2.21. The fraction of sp³-hybridized carbons (Fsp3) is 0.353. The number of imidazole rings is 1. The second-order valence-corrected chi connectivity index (χ2v) is 5.83. The van der Waals surface area contributed by atoms with Crippen molar-refractivity contribution in [1.29, 1.82) is 0 Å². The van der Waals surface area contributed by atoms with E-state index >= 15 is 0 Å². The quantitative estimate of drug-likeness (QED) is 0.893. The molecule has 1 saturated heterocycles. The summed E-state index contributed by atoms with van der Waals surface area (Å²) in [5, 5.41) is 0. The number of rotatable bonds is 5. The Labute approximate surface area is 140 Å². The van der Waals surface area contributed by atoms with E-state index in [0.717, 1.165) is 19.4 Å². The summed E-state index contributed by atoms with van der Waals surface area (Å²) in [6.07, 6.45) is 7.43. The molecule has 2 N–H and O–H groups in total. The highest BCUT2D eigenvalue weighted by molar-refractivity contribution is 5.93. The van der Waals surface area contributed by atoms with Gasteiger partial charge in [0.25, 0.3) is 5.91 Å². The van der Waals surface area contributed by atoms with E-state index in [1.54, 1.807) is 36.8 Å². The minimum atomic E-state index is -0.522. The summed E-state index contributed by atoms with van der Waals surface area (Å²) >= 11 is 0. The Kier molecular flexibility index (Phi) is 4.79. The molecule has 7 nitrogen and oxygen atoms in total. The number of benzene rings is 1. The van der Waals surface area contributed by atoms with Gasteiger partial charge in [0.2, 0.25) is 5.91 Å². The summed E-state index contributed by atoms with van der Waals surface area (Å²) in [6.45, 7) is 1.33. The van der Waals surface area contributed by atoms with Gasteiger partial charge < -0.3 is 19.9 Å². The Morgan fingerprint density at radius 2 is 2.25 bits per heavy atom. The van der Waals surface area contributed by atoms with E-state index in [9.17, 15) is 9.59 Å². The maximum absolute atomic E-state index is 12.4. The summed E-state index contributed by atoms with van der Waals surface area (Å²) in [5.74, 6) is -0.127. The number of nitrogens with zero attached hydrogens (tertiary/aromatic N) is 3. The average Bonchev–Trinajstić information content (AvgIpc) is 3.15. The SMILES string of the molecule is NC(=O)c1cccc(OCC(=O)N2CCC[C@@H](n3ccnc3)C2)c1. The number of hydrogen-bond donors (Lipinski definition) is 1. The minimum absolute atomic E-state index is 0.0567. The molecule has 7 heteroatoms. The van der Waals surface area contributed by atoms with Gasteiger partial charge in [0, 0.05) is 31.0 Å². The number of carbonyl (C=O) groups is 2. The van der Waals surface area contributed by atoms with Crippen molar-refractivity contribution in [3.63, 3.8) is 0 Å². The number of nitrogens with two attached hydrogens (primary N) is 1. The first-order valence-corrected chi connectivity index (χ1v) is 7.91. The van der Waals surface area contributed by atoms with Crippen LogP contribution in [0.25, 0.3) is 0 Å². The zero-order valence-electron chi connectivity index (χ0n) is 13.3. The van der Waals surface area contributed by atoms with Crippen LogP contribution >= 0.6 is 0 Å². The van der Waals surface area contributed by atoms with Crippen molar-refractivity contribution in [2.24, 2.45) is 5.73 Å². The topological polar surface area (TPSA) is 90.5 Å². The lowest BCUT2D eigenvalue weighted by Gasteiger charge is -2.33. The normalized spacial score (nSPS) is 17.5. The highest BCUT2D eigenvalue weighted by atomic mass is 16.5. The monoisotopic (exact) mass is 328 g/mol. The molecule has 1 aromatic heterocycles. The number of carbonyl (C=O) groups excluding carboxylic acids is 2. The van der Waals surface area contributed by atoms with E-state index in [2.05, 4.69) is 4.98 Å². The van der Waals surface area contributed by atoms with Gasteiger partial charge in [0.1, 0.15) is 5.75 Å². The fourth-order valence-corrected chi connectivity index (χ4v) is 2.89. The van der Waals surface area contributed by atoms with Crippen molar-refractivity contribution in [2.75, 3.05) is 19.7 Å². The van der Waals surface area contributed by atoms with E-state index in [0.29, 0.717) is 17.9 Å². The maximum atomic E-state index is 12.4. The Morgan fingerprint density at radius 3 is 3.00 bits per heavy atom. The first kappa shape index (κ1) is 16.0. The largest absolute Gasteiger partial charge is 0.484 e. The number of amides is 2. The van der Waals surface area contributed by atoms with Gasteiger partial charge in [-0.05, 0) is 31.0 Å². The lowest BCUT2D eigenvalue weighted by atomic mass is 10.1. The Hall–Kier alpha value is -2.83. The van der Waals surface area contributed by atoms with Crippen LogP contribution in [-0.2, 0) is 4.79 Å². The van der Waals surface area contributed by atoms with Gasteiger partial charge in [-0.3, -0.25) is 9.59 Å². The predicted octanol–water partition coefficient (Wildman–Crippen LogP) is 1.22. The molecule has 1 fully saturated rings. The van der Waals surface area contributed by atoms with Crippen molar-refractivity contribution >= 4 is 11.8 Å². The van der Waals surface area contributed by atoms with Crippen LogP contribution in [0.3, 0.4) is 0 Å². The number of ether oxygens (including phenoxy) is 1. The average molecular weight is 328 g/mol. The lowest BCUT2D eigenvalue weighted by Crippen LogP contribution is -2.42. The van der Waals surface area contributed by atoms with Gasteiger partial charge in [-0.1, -0.05) is 6.07 Å². The third-order valence-electron chi connectivity index (χ3n) is 4.18. The van der Waals surface area contributed by atoms with Gasteiger partial charge in [0.05, 0.1) is 12.4 Å². The molecule has 0 saturated carbocycles. The maximum Gasteiger partial charge on any atom is 0.260 e. The number of piperidine rings is 1. The van der Waals surface area contributed by atoms with Crippen LogP contribution in [0.4, 0.5) is 0 Å². The van der Waals surface area contributed by atoms with Crippen molar-refractivity contribution < 1.29 is 14.3 Å². The molecule has 2 amide bonds. The lowest BCUT2D eigenvalue weighted by molar-refractivity contribution is -0.135. The molecule has 0 spiro atoms. The molecule has 2 aromatic rings. The second kappa shape index (κ2) is 7.16. The third-order valence-corrected chi connectivity index (χ3v) is 4.18. The summed E-state index contributed by atoms with van der Waals surface area (Å²) in [6, 6.07) is 6.78. The van der Waals surface area contributed by atoms with Crippen LogP contribution in [-0.4, -0.2) is 46.0 Å². The van der Waals surface area contributed by atoms with Crippen LogP contribution < -0.4 is 10.5 Å². The minimum Gasteiger partial charge on any atom is -0.484 e. The van der Waals surface area contributed by atoms with Crippen molar-refractivity contribution in [2.45, 2.75) is 18.9 Å². The molecule has 0 unspecified atom stereocenters. The molecular formula is C17H20N4O3. The van der Waals surface area contributed by atoms with Crippen molar-refractivity contribution in [3.8, 4) is 5.75 Å². The van der Waals surface area contributed by atoms with Crippen molar-refractivity contribution in [1.82, 2.24) is 14.5 Å². The van der Waals surface area contributed by atoms with Gasteiger partial charge in [-0.2, -0.15) is 0 Å². The molecule has 2 heterocycles. The molecule has 1 aliphatic rings. The molecular weight excluding hydrogens is 308 g/mol. The first-order chi connectivity index (χ1) is 11.6. The molecule has 1 atom stereocenters. The number of aromatic nitrogens is 2. The van der Waals surface area contributed by atoms with Gasteiger partial charge in [-0.25, -0.2) is 4.98 Å². The molecule has 0 radical (unpaired) electrons. The number of primary amides is 1. The van der Waals surface area contributed by atoms with Crippen LogP contribution in [0, 0.1) is 0 Å². The van der Waals surface area contributed by atoms with Crippen molar-refractivity contribution in [3.05, 3.63) is 48.5 Å². The molecule has 24 heavy (non-hydrogen) atoms. The number of likely N-dealkylation sites (tertiary alicyclic amines) is 1. The summed E-state index contributed by atoms with van der Waals surface area (Å²) in [5.41, 5.74) is 5.60. The van der Waals surface area contributed by atoms with E-state index in [4.69, 9.17) is 10.5 Å². The Balaban J connectivity index is 1.57. The molecule has 126 valence electrons. The number of hydrogen-bond acceptors (Lipinski definition) is 4. The summed E-state index contributed by atoms with van der Waals surface area (Å²) < 4.78 is 7.56. The highest BCUT2D eigenvalue weighted by Gasteiger charge is 2.24. The Morgan fingerprint density at radius 1 is 1.38 bits per heavy atom. The zero-order valence-corrected chi connectivity index (χ0v) is 13.3.